The van der Waals surface area contributed by atoms with Gasteiger partial charge in [-0.1, -0.05) is 19.6 Å². The Morgan fingerprint density at radius 1 is 0.956 bits per heavy atom. The minimum atomic E-state index is -2.67. The van der Waals surface area contributed by atoms with Crippen molar-refractivity contribution in [1.29, 1.82) is 0 Å². The second-order valence-corrected chi connectivity index (χ2v) is 28.6. The molecular weight excluding hydrogens is 641 g/mol. The van der Waals surface area contributed by atoms with Crippen molar-refractivity contribution in [3.05, 3.63) is 0 Å². The summed E-state index contributed by atoms with van der Waals surface area (Å²) in [6.07, 6.45) is -3.28. The molecule has 1 heterocycles. The number of ether oxygens (including phenoxy) is 2. The van der Waals surface area contributed by atoms with Gasteiger partial charge < -0.3 is 50.2 Å². The first-order chi connectivity index (χ1) is 20.3. The van der Waals surface area contributed by atoms with Crippen molar-refractivity contribution in [1.82, 2.24) is 16.0 Å². The van der Waals surface area contributed by atoms with E-state index in [1.165, 1.54) is 13.8 Å². The minimum Gasteiger partial charge on any atom is -0.481 e. The van der Waals surface area contributed by atoms with E-state index in [9.17, 15) is 29.1 Å². The lowest BCUT2D eigenvalue weighted by Gasteiger charge is -2.56. The molecule has 15 nitrogen and oxygen atoms in total. The van der Waals surface area contributed by atoms with Crippen molar-refractivity contribution >= 4 is 54.3 Å². The molecule has 45 heavy (non-hydrogen) atoms. The number of carbonyl (C=O) groups is 5. The zero-order chi connectivity index (χ0) is 35.1. The molecule has 18 heteroatoms. The molecule has 0 radical (unpaired) electrons. The van der Waals surface area contributed by atoms with Gasteiger partial charge >= 0.3 is 5.97 Å². The molecule has 7 N–H and O–H groups in total. The number of carboxylic acids is 1. The van der Waals surface area contributed by atoms with Gasteiger partial charge in [-0.25, -0.2) is 0 Å². The normalized spacial score (nSPS) is 25.5. The molecule has 4 amide bonds. The summed E-state index contributed by atoms with van der Waals surface area (Å²) in [6.45, 7) is 19.8. The second-order valence-electron chi connectivity index (χ2n) is 14.4. The summed E-state index contributed by atoms with van der Waals surface area (Å²) in [5.74, 6) is -3.97. The Morgan fingerprint density at radius 3 is 1.98 bits per heavy atom. The average Bonchev–Trinajstić information content (AvgIpc) is 2.84. The minimum absolute atomic E-state index is 0.0939. The summed E-state index contributed by atoms with van der Waals surface area (Å²) >= 11 is 0. The topological polar surface area (TPSA) is 225 Å². The maximum absolute atomic E-state index is 13.0. The first kappa shape index (κ1) is 40.8. The maximum atomic E-state index is 13.0. The smallest absolute Gasteiger partial charge is 0.303 e. The van der Waals surface area contributed by atoms with E-state index in [4.69, 9.17) is 29.2 Å². The van der Waals surface area contributed by atoms with Crippen LogP contribution < -0.4 is 21.7 Å². The van der Waals surface area contributed by atoms with Gasteiger partial charge in [-0.2, -0.15) is 0 Å². The summed E-state index contributed by atoms with van der Waals surface area (Å²) in [4.78, 5) is 60.7. The van der Waals surface area contributed by atoms with E-state index in [0.717, 1.165) is 0 Å². The van der Waals surface area contributed by atoms with Gasteiger partial charge in [0.1, 0.15) is 51.1 Å². The number of hydrogen-bond acceptors (Lipinski definition) is 10. The fourth-order valence-electron chi connectivity index (χ4n) is 4.61. The number of amides is 4. The molecule has 1 rings (SSSR count). The van der Waals surface area contributed by atoms with Crippen molar-refractivity contribution in [2.45, 2.75) is 127 Å². The van der Waals surface area contributed by atoms with Crippen molar-refractivity contribution in [3.63, 3.8) is 0 Å². The standard InChI is InChI=1S/C27H54N4O11Si3/c1-16(26(37)31-18(25(28)36)12-13-21(34)35)29-20(33)15-39-23-22(42-45(9,10)11)19(14-40-44(6,7)8)41-27(38,43(3,4)5)24(23)30-17(2)32/h16,18-19,22-24,38H,12-15H2,1-11H3,(H2,28,36)(H,29,33)(H,30,32)(H,31,37)(H,34,35)/t16?,18?,19-,22-,23+,24-,27?/m1/s1. The SMILES string of the molecule is CC(=O)N[C@@H]1[C@@H](OCC(=O)NC(C)C(=O)NC(CCC(=O)O)C(N)=O)[C@H](O[Si](C)(C)C)[C@@H](CO[Si](C)(C)C)OC1(O)[Si](C)(C)C. The first-order valence-electron chi connectivity index (χ1n) is 15.0. The van der Waals surface area contributed by atoms with Crippen molar-refractivity contribution in [3.8, 4) is 0 Å². The molecular formula is C27H54N4O11Si3. The van der Waals surface area contributed by atoms with Gasteiger partial charge in [0, 0.05) is 13.3 Å². The molecule has 3 unspecified atom stereocenters. The highest BCUT2D eigenvalue weighted by Gasteiger charge is 2.61. The number of hydrogen-bond donors (Lipinski definition) is 6. The molecule has 0 saturated carbocycles. The van der Waals surface area contributed by atoms with Crippen LogP contribution in [-0.2, 0) is 42.3 Å². The number of aliphatic carboxylic acids is 1. The van der Waals surface area contributed by atoms with Gasteiger partial charge in [-0.3, -0.25) is 24.0 Å². The number of aliphatic hydroxyl groups is 1. The van der Waals surface area contributed by atoms with E-state index in [1.807, 2.05) is 58.9 Å². The molecule has 0 spiro atoms. The van der Waals surface area contributed by atoms with Crippen molar-refractivity contribution in [2.24, 2.45) is 5.73 Å². The van der Waals surface area contributed by atoms with Crippen LogP contribution in [0.15, 0.2) is 0 Å². The van der Waals surface area contributed by atoms with E-state index < -0.39 is 109 Å². The number of carboxylic acid groups (broad SMARTS) is 1. The van der Waals surface area contributed by atoms with E-state index in [1.54, 1.807) is 0 Å². The predicted octanol–water partition coefficient (Wildman–Crippen LogP) is 0.252. The fraction of sp³-hybridized carbons (Fsp3) is 0.815. The van der Waals surface area contributed by atoms with Crippen molar-refractivity contribution in [2.75, 3.05) is 13.2 Å². The number of rotatable bonds is 17. The Morgan fingerprint density at radius 2 is 1.53 bits per heavy atom. The van der Waals surface area contributed by atoms with Crippen LogP contribution in [0.5, 0.6) is 0 Å². The maximum Gasteiger partial charge on any atom is 0.303 e. The Kier molecular flexibility index (Phi) is 14.6. The predicted molar refractivity (Wildman–Crippen MR) is 174 cm³/mol. The highest BCUT2D eigenvalue weighted by Crippen LogP contribution is 2.39. The van der Waals surface area contributed by atoms with Crippen LogP contribution in [-0.4, -0.2) is 120 Å². The molecule has 0 aromatic carbocycles. The highest BCUT2D eigenvalue weighted by molar-refractivity contribution is 6.78. The lowest BCUT2D eigenvalue weighted by atomic mass is 9.96. The van der Waals surface area contributed by atoms with Crippen LogP contribution in [0.2, 0.25) is 58.9 Å². The molecule has 260 valence electrons. The van der Waals surface area contributed by atoms with Crippen LogP contribution in [0.3, 0.4) is 0 Å². The van der Waals surface area contributed by atoms with Gasteiger partial charge in [0.25, 0.3) is 0 Å². The third-order valence-electron chi connectivity index (χ3n) is 6.86. The molecule has 0 aromatic rings. The van der Waals surface area contributed by atoms with Gasteiger partial charge in [0.15, 0.2) is 22.0 Å². The molecule has 1 aliphatic heterocycles. The Labute approximate surface area is 268 Å². The third kappa shape index (κ3) is 13.2. The first-order valence-corrected chi connectivity index (χ1v) is 25.3. The average molecular weight is 695 g/mol. The lowest BCUT2D eigenvalue weighted by Crippen LogP contribution is -2.78. The fourth-order valence-corrected chi connectivity index (χ4v) is 8.05. The van der Waals surface area contributed by atoms with E-state index in [-0.39, 0.29) is 13.0 Å². The molecule has 0 aliphatic carbocycles. The summed E-state index contributed by atoms with van der Waals surface area (Å²) in [7, 11) is -7.04. The lowest BCUT2D eigenvalue weighted by molar-refractivity contribution is -0.284. The quantitative estimate of drug-likeness (QED) is 0.113. The van der Waals surface area contributed by atoms with Crippen LogP contribution in [0.1, 0.15) is 26.7 Å². The molecule has 0 aromatic heterocycles. The highest BCUT2D eigenvalue weighted by atomic mass is 28.4. The van der Waals surface area contributed by atoms with Crippen molar-refractivity contribution < 1.29 is 52.5 Å². The summed E-state index contributed by atoms with van der Waals surface area (Å²) in [5, 5.41) is 28.6. The summed E-state index contributed by atoms with van der Waals surface area (Å²) in [6, 6.07) is -3.48. The van der Waals surface area contributed by atoms with Crippen LogP contribution in [0, 0.1) is 0 Å². The van der Waals surface area contributed by atoms with E-state index in [2.05, 4.69) is 16.0 Å². The van der Waals surface area contributed by atoms with E-state index >= 15 is 0 Å². The van der Waals surface area contributed by atoms with Gasteiger partial charge in [-0.05, 0) is 52.6 Å². The zero-order valence-corrected chi connectivity index (χ0v) is 31.4. The zero-order valence-electron chi connectivity index (χ0n) is 28.4. The molecule has 1 aliphatic rings. The Hall–Kier alpha value is -2.20. The molecule has 1 saturated heterocycles. The van der Waals surface area contributed by atoms with Gasteiger partial charge in [-0.15, -0.1) is 0 Å². The summed E-state index contributed by atoms with van der Waals surface area (Å²) in [5.41, 5.74) is 3.45. The number of nitrogens with two attached hydrogens (primary N) is 1. The van der Waals surface area contributed by atoms with Gasteiger partial charge in [0.2, 0.25) is 23.6 Å². The molecule has 7 atom stereocenters. The number of nitrogens with one attached hydrogen (secondary N) is 3. The number of carbonyl (C=O) groups excluding carboxylic acids is 4. The Bertz CT molecular complexity index is 1080. The second kappa shape index (κ2) is 16.1. The van der Waals surface area contributed by atoms with Gasteiger partial charge in [0.05, 0.1) is 6.61 Å². The van der Waals surface area contributed by atoms with Crippen LogP contribution >= 0.6 is 0 Å². The van der Waals surface area contributed by atoms with Crippen LogP contribution in [0.4, 0.5) is 0 Å². The van der Waals surface area contributed by atoms with E-state index in [0.29, 0.717) is 0 Å². The van der Waals surface area contributed by atoms with Crippen LogP contribution in [0.25, 0.3) is 0 Å². The molecule has 0 bridgehead atoms. The molecule has 1 fully saturated rings. The summed E-state index contributed by atoms with van der Waals surface area (Å²) < 4.78 is 25.3. The monoisotopic (exact) mass is 694 g/mol. The largest absolute Gasteiger partial charge is 0.481 e. The Balaban J connectivity index is 3.33. The third-order valence-corrected chi connectivity index (χ3v) is 11.4. The number of primary amides is 1.